The van der Waals surface area contributed by atoms with Gasteiger partial charge in [-0.1, -0.05) is 30.3 Å². The lowest BCUT2D eigenvalue weighted by Gasteiger charge is -2.16. The summed E-state index contributed by atoms with van der Waals surface area (Å²) in [5, 5.41) is 1.04. The monoisotopic (exact) mass is 308 g/mol. The van der Waals surface area contributed by atoms with Crippen LogP contribution < -0.4 is 0 Å². The second-order valence-electron chi connectivity index (χ2n) is 6.72. The van der Waals surface area contributed by atoms with Crippen molar-refractivity contribution in [3.05, 3.63) is 71.7 Å². The number of hydrogen-bond acceptors (Lipinski definition) is 1. The van der Waals surface area contributed by atoms with Gasteiger partial charge in [0.1, 0.15) is 5.82 Å². The van der Waals surface area contributed by atoms with Crippen molar-refractivity contribution >= 4 is 10.9 Å². The smallest absolute Gasteiger partial charge is 0.123 e. The highest BCUT2D eigenvalue weighted by molar-refractivity contribution is 5.84. The lowest BCUT2D eigenvalue weighted by molar-refractivity contribution is 0.311. The van der Waals surface area contributed by atoms with Crippen molar-refractivity contribution in [1.29, 1.82) is 0 Å². The maximum Gasteiger partial charge on any atom is 0.123 e. The van der Waals surface area contributed by atoms with E-state index in [9.17, 15) is 4.39 Å². The fraction of sp³-hybridized carbons (Fsp3) is 0.300. The van der Waals surface area contributed by atoms with Crippen LogP contribution in [-0.4, -0.2) is 23.5 Å². The van der Waals surface area contributed by atoms with Gasteiger partial charge in [-0.3, -0.25) is 0 Å². The highest BCUT2D eigenvalue weighted by Crippen LogP contribution is 2.49. The third kappa shape index (κ3) is 3.02. The summed E-state index contributed by atoms with van der Waals surface area (Å²) in [6.45, 7) is 2.06. The van der Waals surface area contributed by atoms with E-state index in [1.54, 1.807) is 6.07 Å². The Morgan fingerprint density at radius 2 is 2.00 bits per heavy atom. The number of halogens is 1. The third-order valence-electron chi connectivity index (χ3n) is 4.84. The molecule has 0 radical (unpaired) electrons. The predicted molar refractivity (Wildman–Crippen MR) is 91.9 cm³/mol. The van der Waals surface area contributed by atoms with Crippen molar-refractivity contribution in [2.24, 2.45) is 5.92 Å². The van der Waals surface area contributed by atoms with Gasteiger partial charge in [-0.25, -0.2) is 4.39 Å². The minimum absolute atomic E-state index is 0.156. The molecule has 3 heteroatoms. The number of benzene rings is 2. The van der Waals surface area contributed by atoms with Crippen LogP contribution in [0.25, 0.3) is 10.9 Å². The number of nitrogens with one attached hydrogen (secondary N) is 1. The molecule has 1 aliphatic carbocycles. The van der Waals surface area contributed by atoms with E-state index >= 15 is 0 Å². The minimum atomic E-state index is -0.156. The standard InChI is InChI=1S/C20H21FN2/c1-23(12-14-5-3-2-4-6-14)13-15-9-17(15)19-11-22-20-8-7-16(21)10-18(19)20/h2-8,10-11,15,17,22H,9,12-13H2,1H3. The first-order valence-corrected chi connectivity index (χ1v) is 8.20. The molecule has 1 saturated carbocycles. The van der Waals surface area contributed by atoms with Crippen LogP contribution >= 0.6 is 0 Å². The van der Waals surface area contributed by atoms with Gasteiger partial charge in [0, 0.05) is 30.2 Å². The number of rotatable bonds is 5. The first kappa shape index (κ1) is 14.5. The maximum atomic E-state index is 13.5. The summed E-state index contributed by atoms with van der Waals surface area (Å²) in [7, 11) is 2.18. The van der Waals surface area contributed by atoms with E-state index < -0.39 is 0 Å². The molecule has 1 aromatic heterocycles. The van der Waals surface area contributed by atoms with Gasteiger partial charge in [-0.2, -0.15) is 0 Å². The molecule has 1 N–H and O–H groups in total. The molecular formula is C20H21FN2. The van der Waals surface area contributed by atoms with Crippen molar-refractivity contribution in [2.75, 3.05) is 13.6 Å². The maximum absolute atomic E-state index is 13.5. The largest absolute Gasteiger partial charge is 0.361 e. The Balaban J connectivity index is 1.42. The Morgan fingerprint density at radius 3 is 2.83 bits per heavy atom. The summed E-state index contributed by atoms with van der Waals surface area (Å²) in [6, 6.07) is 15.6. The zero-order valence-electron chi connectivity index (χ0n) is 13.3. The van der Waals surface area contributed by atoms with Crippen molar-refractivity contribution in [3.63, 3.8) is 0 Å². The van der Waals surface area contributed by atoms with Crippen molar-refractivity contribution in [3.8, 4) is 0 Å². The summed E-state index contributed by atoms with van der Waals surface area (Å²) in [4.78, 5) is 5.65. The molecule has 0 aliphatic heterocycles. The van der Waals surface area contributed by atoms with Crippen LogP contribution in [0.2, 0.25) is 0 Å². The van der Waals surface area contributed by atoms with Gasteiger partial charge in [-0.05, 0) is 54.6 Å². The summed E-state index contributed by atoms with van der Waals surface area (Å²) in [6.07, 6.45) is 3.26. The molecule has 1 fully saturated rings. The Labute approximate surface area is 135 Å². The molecule has 2 aromatic carbocycles. The summed E-state index contributed by atoms with van der Waals surface area (Å²) >= 11 is 0. The van der Waals surface area contributed by atoms with Gasteiger partial charge in [0.15, 0.2) is 0 Å². The highest BCUT2D eigenvalue weighted by Gasteiger charge is 2.40. The van der Waals surface area contributed by atoms with E-state index in [2.05, 4.69) is 53.5 Å². The number of nitrogens with zero attached hydrogens (tertiary/aromatic N) is 1. The van der Waals surface area contributed by atoms with Crippen molar-refractivity contribution in [1.82, 2.24) is 9.88 Å². The molecule has 1 aliphatic rings. The van der Waals surface area contributed by atoms with Gasteiger partial charge in [0.2, 0.25) is 0 Å². The van der Waals surface area contributed by atoms with Gasteiger partial charge in [0.25, 0.3) is 0 Å². The Kier molecular flexibility index (Phi) is 3.66. The van der Waals surface area contributed by atoms with Gasteiger partial charge < -0.3 is 9.88 Å². The second kappa shape index (κ2) is 5.82. The molecule has 118 valence electrons. The van der Waals surface area contributed by atoms with Crippen LogP contribution in [0.3, 0.4) is 0 Å². The highest BCUT2D eigenvalue weighted by atomic mass is 19.1. The van der Waals surface area contributed by atoms with E-state index in [0.29, 0.717) is 11.8 Å². The minimum Gasteiger partial charge on any atom is -0.361 e. The fourth-order valence-corrected chi connectivity index (χ4v) is 3.61. The first-order chi connectivity index (χ1) is 11.2. The molecular weight excluding hydrogens is 287 g/mol. The lowest BCUT2D eigenvalue weighted by Crippen LogP contribution is -2.20. The van der Waals surface area contributed by atoms with Crippen molar-refractivity contribution < 1.29 is 4.39 Å². The van der Waals surface area contributed by atoms with Gasteiger partial charge in [-0.15, -0.1) is 0 Å². The third-order valence-corrected chi connectivity index (χ3v) is 4.84. The average Bonchev–Trinajstić information content (AvgIpc) is 3.16. The SMILES string of the molecule is CN(Cc1ccccc1)CC1CC1c1c[nH]c2ccc(F)cc12. The molecule has 2 nitrogen and oxygen atoms in total. The van der Waals surface area contributed by atoms with Crippen LogP contribution in [0.1, 0.15) is 23.5 Å². The van der Waals surface area contributed by atoms with Crippen LogP contribution in [0.15, 0.2) is 54.7 Å². The van der Waals surface area contributed by atoms with E-state index in [0.717, 1.165) is 24.0 Å². The zero-order valence-corrected chi connectivity index (χ0v) is 13.3. The summed E-state index contributed by atoms with van der Waals surface area (Å²) in [5.41, 5.74) is 3.66. The van der Waals surface area contributed by atoms with Gasteiger partial charge in [0.05, 0.1) is 0 Å². The molecule has 0 amide bonds. The fourth-order valence-electron chi connectivity index (χ4n) is 3.61. The van der Waals surface area contributed by atoms with Crippen LogP contribution in [-0.2, 0) is 6.54 Å². The lowest BCUT2D eigenvalue weighted by atomic mass is 10.1. The first-order valence-electron chi connectivity index (χ1n) is 8.20. The van der Waals surface area contributed by atoms with E-state index in [1.165, 1.54) is 23.6 Å². The van der Waals surface area contributed by atoms with Gasteiger partial charge >= 0.3 is 0 Å². The topological polar surface area (TPSA) is 19.0 Å². The number of H-pyrrole nitrogens is 1. The normalized spacial score (nSPS) is 20.3. The molecule has 2 atom stereocenters. The van der Waals surface area contributed by atoms with E-state index in [-0.39, 0.29) is 5.82 Å². The Morgan fingerprint density at radius 1 is 1.17 bits per heavy atom. The zero-order chi connectivity index (χ0) is 15.8. The van der Waals surface area contributed by atoms with Crippen LogP contribution in [0.4, 0.5) is 4.39 Å². The van der Waals surface area contributed by atoms with E-state index in [4.69, 9.17) is 0 Å². The number of hydrogen-bond donors (Lipinski definition) is 1. The molecule has 1 heterocycles. The molecule has 3 aromatic rings. The number of aromatic amines is 1. The van der Waals surface area contributed by atoms with E-state index in [1.807, 2.05) is 6.07 Å². The second-order valence-corrected chi connectivity index (χ2v) is 6.72. The average molecular weight is 308 g/mol. The molecule has 23 heavy (non-hydrogen) atoms. The number of aromatic nitrogens is 1. The molecule has 0 saturated heterocycles. The molecule has 2 unspecified atom stereocenters. The van der Waals surface area contributed by atoms with Crippen LogP contribution in [0, 0.1) is 11.7 Å². The van der Waals surface area contributed by atoms with Crippen LogP contribution in [0.5, 0.6) is 0 Å². The predicted octanol–water partition coefficient (Wildman–Crippen LogP) is 4.54. The molecule has 0 spiro atoms. The molecule has 4 rings (SSSR count). The summed E-state index contributed by atoms with van der Waals surface area (Å²) in [5.74, 6) is 1.08. The Bertz CT molecular complexity index is 809. The van der Waals surface area contributed by atoms with Crippen molar-refractivity contribution in [2.45, 2.75) is 18.9 Å². The molecule has 0 bridgehead atoms. The quantitative estimate of drug-likeness (QED) is 0.733. The Hall–Kier alpha value is -2.13. The number of fused-ring (bicyclic) bond motifs is 1. The summed E-state index contributed by atoms with van der Waals surface area (Å²) < 4.78 is 13.5.